The molecule has 1 heterocycles. The molecule has 1 atom stereocenters. The first-order valence-corrected chi connectivity index (χ1v) is 13.2. The zero-order valence-electron chi connectivity index (χ0n) is 22.9. The molecule has 1 unspecified atom stereocenters. The number of ether oxygens (including phenoxy) is 2. The van der Waals surface area contributed by atoms with Crippen LogP contribution in [0.3, 0.4) is 0 Å². The van der Waals surface area contributed by atoms with Crippen molar-refractivity contribution < 1.29 is 23.9 Å². The number of aryl methyl sites for hydroxylation is 1. The van der Waals surface area contributed by atoms with Crippen molar-refractivity contribution in [2.24, 2.45) is 5.92 Å². The molecule has 39 heavy (non-hydrogen) atoms. The van der Waals surface area contributed by atoms with Crippen molar-refractivity contribution in [1.82, 2.24) is 9.55 Å². The Balaban J connectivity index is 1.67. The highest BCUT2D eigenvalue weighted by Gasteiger charge is 2.21. The molecule has 7 nitrogen and oxygen atoms in total. The first-order valence-electron chi connectivity index (χ1n) is 13.2. The topological polar surface area (TPSA) is 87.5 Å². The van der Waals surface area contributed by atoms with Crippen LogP contribution in [-0.4, -0.2) is 41.5 Å². The van der Waals surface area contributed by atoms with Gasteiger partial charge in [0, 0.05) is 24.4 Å². The molecule has 0 aliphatic carbocycles. The summed E-state index contributed by atoms with van der Waals surface area (Å²) in [4.78, 5) is 41.9. The molecule has 0 radical (unpaired) electrons. The number of unbranched alkanes of at least 4 members (excludes halogenated alkanes) is 1. The summed E-state index contributed by atoms with van der Waals surface area (Å²) in [7, 11) is 2.71. The van der Waals surface area contributed by atoms with Gasteiger partial charge in [0.2, 0.25) is 0 Å². The van der Waals surface area contributed by atoms with Crippen molar-refractivity contribution in [3.8, 4) is 11.1 Å². The number of methoxy groups -OCH3 is 2. The number of hydrogen-bond acceptors (Lipinski definition) is 6. The monoisotopic (exact) mass is 526 g/mol. The molecule has 0 fully saturated rings. The average molecular weight is 527 g/mol. The number of rotatable bonds is 11. The number of hydrogen-bond donors (Lipinski definition) is 0. The fraction of sp³-hybridized carbons (Fsp3) is 0.312. The SMILES string of the molecule is CCCCc1nc2ccc(C(=O)C(C)CC(=O)OC)cc2n1Cc1ccc(-c2ccccc2C(=O)OC)cc1. The van der Waals surface area contributed by atoms with Gasteiger partial charge in [-0.2, -0.15) is 0 Å². The van der Waals surface area contributed by atoms with Crippen LogP contribution in [0, 0.1) is 5.92 Å². The first kappa shape index (κ1) is 27.8. The van der Waals surface area contributed by atoms with Gasteiger partial charge in [-0.25, -0.2) is 9.78 Å². The molecule has 0 saturated heterocycles. The molecule has 0 aliphatic rings. The highest BCUT2D eigenvalue weighted by Crippen LogP contribution is 2.27. The van der Waals surface area contributed by atoms with Crippen LogP contribution in [0.5, 0.6) is 0 Å². The highest BCUT2D eigenvalue weighted by atomic mass is 16.5. The van der Waals surface area contributed by atoms with Crippen molar-refractivity contribution in [3.05, 3.63) is 89.2 Å². The molecule has 0 N–H and O–H groups in total. The quantitative estimate of drug-likeness (QED) is 0.169. The van der Waals surface area contributed by atoms with Gasteiger partial charge in [-0.15, -0.1) is 0 Å². The molecule has 0 spiro atoms. The second kappa shape index (κ2) is 12.5. The lowest BCUT2D eigenvalue weighted by atomic mass is 9.96. The molecule has 4 aromatic rings. The lowest BCUT2D eigenvalue weighted by molar-refractivity contribution is -0.141. The number of benzene rings is 3. The summed E-state index contributed by atoms with van der Waals surface area (Å²) in [5, 5.41) is 0. The number of aromatic nitrogens is 2. The Labute approximate surface area is 228 Å². The van der Waals surface area contributed by atoms with Gasteiger partial charge in [0.15, 0.2) is 5.78 Å². The van der Waals surface area contributed by atoms with Crippen LogP contribution in [0.15, 0.2) is 66.7 Å². The maximum absolute atomic E-state index is 13.1. The third-order valence-electron chi connectivity index (χ3n) is 6.95. The van der Waals surface area contributed by atoms with Gasteiger partial charge in [0.05, 0.1) is 37.2 Å². The zero-order chi connectivity index (χ0) is 27.9. The van der Waals surface area contributed by atoms with E-state index in [1.807, 2.05) is 54.6 Å². The van der Waals surface area contributed by atoms with Gasteiger partial charge in [0.25, 0.3) is 0 Å². The molecule has 3 aromatic carbocycles. The Bertz CT molecular complexity index is 1490. The Kier molecular flexibility index (Phi) is 8.92. The number of carbonyl (C=O) groups excluding carboxylic acids is 3. The molecule has 0 amide bonds. The van der Waals surface area contributed by atoms with Gasteiger partial charge in [-0.05, 0) is 47.4 Å². The standard InChI is InChI=1S/C32H34N2O5/c1-5-6-11-29-33-27-17-16-24(31(36)21(2)18-30(35)38-3)19-28(27)34(29)20-22-12-14-23(15-13-22)25-9-7-8-10-26(25)32(37)39-4/h7-10,12-17,19,21H,5-6,11,18,20H2,1-4H3. The molecule has 0 aliphatic heterocycles. The maximum atomic E-state index is 13.1. The molecule has 1 aromatic heterocycles. The minimum atomic E-state index is -0.480. The Morgan fingerprint density at radius 3 is 2.38 bits per heavy atom. The predicted molar refractivity (Wildman–Crippen MR) is 151 cm³/mol. The number of esters is 2. The van der Waals surface area contributed by atoms with E-state index >= 15 is 0 Å². The van der Waals surface area contributed by atoms with E-state index < -0.39 is 11.9 Å². The Morgan fingerprint density at radius 2 is 1.69 bits per heavy atom. The average Bonchev–Trinajstić information content (AvgIpc) is 3.31. The molecule has 202 valence electrons. The third-order valence-corrected chi connectivity index (χ3v) is 6.95. The van der Waals surface area contributed by atoms with Gasteiger partial charge in [0.1, 0.15) is 5.82 Å². The van der Waals surface area contributed by atoms with E-state index in [4.69, 9.17) is 14.5 Å². The van der Waals surface area contributed by atoms with E-state index in [1.54, 1.807) is 19.1 Å². The second-order valence-corrected chi connectivity index (χ2v) is 9.70. The number of nitrogens with zero attached hydrogens (tertiary/aromatic N) is 2. The molecule has 7 heteroatoms. The molecular weight excluding hydrogens is 492 g/mol. The molecule has 0 bridgehead atoms. The molecule has 4 rings (SSSR count). The van der Waals surface area contributed by atoms with Crippen LogP contribution in [-0.2, 0) is 27.2 Å². The first-order chi connectivity index (χ1) is 18.9. The minimum Gasteiger partial charge on any atom is -0.469 e. The van der Waals surface area contributed by atoms with Crippen molar-refractivity contribution in [1.29, 1.82) is 0 Å². The summed E-state index contributed by atoms with van der Waals surface area (Å²) in [6.07, 6.45) is 2.93. The zero-order valence-corrected chi connectivity index (χ0v) is 22.9. The van der Waals surface area contributed by atoms with Gasteiger partial charge >= 0.3 is 11.9 Å². The Morgan fingerprint density at radius 1 is 0.949 bits per heavy atom. The lowest BCUT2D eigenvalue weighted by Crippen LogP contribution is -2.16. The van der Waals surface area contributed by atoms with Gasteiger partial charge in [-0.3, -0.25) is 9.59 Å². The van der Waals surface area contributed by atoms with Crippen LogP contribution in [0.1, 0.15) is 65.2 Å². The van der Waals surface area contributed by atoms with Gasteiger partial charge < -0.3 is 14.0 Å². The summed E-state index contributed by atoms with van der Waals surface area (Å²) in [5.74, 6) is -0.378. The van der Waals surface area contributed by atoms with Crippen molar-refractivity contribution >= 4 is 28.8 Å². The summed E-state index contributed by atoms with van der Waals surface area (Å²) in [6, 6.07) is 21.0. The third kappa shape index (κ3) is 6.25. The van der Waals surface area contributed by atoms with Crippen LogP contribution < -0.4 is 0 Å². The highest BCUT2D eigenvalue weighted by molar-refractivity contribution is 6.01. The van der Waals surface area contributed by atoms with E-state index in [9.17, 15) is 14.4 Å². The smallest absolute Gasteiger partial charge is 0.338 e. The fourth-order valence-electron chi connectivity index (χ4n) is 4.73. The molecular formula is C32H34N2O5. The number of fused-ring (bicyclic) bond motifs is 1. The number of ketones is 1. The summed E-state index contributed by atoms with van der Waals surface area (Å²) >= 11 is 0. The minimum absolute atomic E-state index is 0.0415. The van der Waals surface area contributed by atoms with Crippen LogP contribution >= 0.6 is 0 Å². The van der Waals surface area contributed by atoms with Crippen LogP contribution in [0.4, 0.5) is 0 Å². The second-order valence-electron chi connectivity index (χ2n) is 9.70. The number of carbonyl (C=O) groups is 3. The van der Waals surface area contributed by atoms with Crippen LogP contribution in [0.25, 0.3) is 22.2 Å². The van der Waals surface area contributed by atoms with Crippen molar-refractivity contribution in [2.45, 2.75) is 46.1 Å². The number of Topliss-reactive ketones (excluding diaryl/α,β-unsaturated/α-hetero) is 1. The van der Waals surface area contributed by atoms with Gasteiger partial charge in [-0.1, -0.05) is 62.7 Å². The number of imidazole rings is 1. The lowest BCUT2D eigenvalue weighted by Gasteiger charge is -2.13. The summed E-state index contributed by atoms with van der Waals surface area (Å²) in [6.45, 7) is 4.48. The summed E-state index contributed by atoms with van der Waals surface area (Å²) < 4.78 is 11.9. The fourth-order valence-corrected chi connectivity index (χ4v) is 4.73. The van der Waals surface area contributed by atoms with Crippen molar-refractivity contribution in [2.75, 3.05) is 14.2 Å². The van der Waals surface area contributed by atoms with E-state index in [2.05, 4.69) is 11.5 Å². The predicted octanol–water partition coefficient (Wildman–Crippen LogP) is 6.26. The normalized spacial score (nSPS) is 11.8. The van der Waals surface area contributed by atoms with E-state index in [0.29, 0.717) is 17.7 Å². The largest absolute Gasteiger partial charge is 0.469 e. The summed E-state index contributed by atoms with van der Waals surface area (Å²) in [5.41, 5.74) is 5.61. The van der Waals surface area contributed by atoms with E-state index in [1.165, 1.54) is 14.2 Å². The Hall–Kier alpha value is -4.26. The van der Waals surface area contributed by atoms with E-state index in [0.717, 1.165) is 52.8 Å². The van der Waals surface area contributed by atoms with Crippen molar-refractivity contribution in [3.63, 3.8) is 0 Å². The molecule has 0 saturated carbocycles. The maximum Gasteiger partial charge on any atom is 0.338 e. The van der Waals surface area contributed by atoms with Crippen LogP contribution in [0.2, 0.25) is 0 Å². The van der Waals surface area contributed by atoms with E-state index in [-0.39, 0.29) is 18.2 Å².